The lowest BCUT2D eigenvalue weighted by molar-refractivity contribution is -0.124. The van der Waals surface area contributed by atoms with Gasteiger partial charge in [-0.15, -0.1) is 0 Å². The van der Waals surface area contributed by atoms with Crippen LogP contribution in [0.15, 0.2) is 47.1 Å². The normalized spacial score (nSPS) is 12.4. The molecule has 1 unspecified atom stereocenters. The summed E-state index contributed by atoms with van der Waals surface area (Å²) >= 11 is 0. The zero-order chi connectivity index (χ0) is 17.6. The first-order valence-corrected chi connectivity index (χ1v) is 8.99. The van der Waals surface area contributed by atoms with Crippen molar-refractivity contribution in [2.75, 3.05) is 17.6 Å². The number of sulfonamides is 1. The number of carbonyl (C=O) groups excluding carboxylic acids is 1. The molecule has 2 aromatic rings. The lowest BCUT2D eigenvalue weighted by Gasteiger charge is -2.14. The zero-order valence-electron chi connectivity index (χ0n) is 13.5. The first-order valence-electron chi connectivity index (χ1n) is 7.34. The van der Waals surface area contributed by atoms with Gasteiger partial charge >= 0.3 is 0 Å². The lowest BCUT2D eigenvalue weighted by Crippen LogP contribution is -2.34. The second-order valence-corrected chi connectivity index (χ2v) is 7.08. The number of hydrogen-bond donors (Lipinski definition) is 2. The Labute approximate surface area is 141 Å². The summed E-state index contributed by atoms with van der Waals surface area (Å²) in [5.41, 5.74) is 0.387. The van der Waals surface area contributed by atoms with Crippen LogP contribution in [0.1, 0.15) is 12.7 Å². The third-order valence-corrected chi connectivity index (χ3v) is 4.76. The van der Waals surface area contributed by atoms with E-state index in [2.05, 4.69) is 10.0 Å². The Morgan fingerprint density at radius 1 is 1.29 bits per heavy atom. The van der Waals surface area contributed by atoms with Crippen LogP contribution in [0.5, 0.6) is 5.75 Å². The minimum atomic E-state index is -3.67. The molecule has 24 heavy (non-hydrogen) atoms. The number of rotatable bonds is 8. The lowest BCUT2D eigenvalue weighted by atomic mass is 10.2. The fourth-order valence-corrected chi connectivity index (χ4v) is 3.45. The number of anilines is 1. The van der Waals surface area contributed by atoms with Gasteiger partial charge in [0, 0.05) is 6.07 Å². The van der Waals surface area contributed by atoms with Crippen molar-refractivity contribution in [3.05, 3.63) is 48.4 Å². The van der Waals surface area contributed by atoms with Crippen LogP contribution in [0.2, 0.25) is 0 Å². The number of hydrogen-bond acceptors (Lipinski definition) is 5. The number of ether oxygens (including phenoxy) is 1. The summed E-state index contributed by atoms with van der Waals surface area (Å²) in [7, 11) is -2.17. The predicted octanol–water partition coefficient (Wildman–Crippen LogP) is 1.98. The Hall–Kier alpha value is -2.48. The molecule has 0 radical (unpaired) electrons. The molecule has 1 aromatic heterocycles. The fraction of sp³-hybridized carbons (Fsp3) is 0.312. The van der Waals surface area contributed by atoms with Crippen molar-refractivity contribution >= 4 is 21.6 Å². The van der Waals surface area contributed by atoms with Crippen molar-refractivity contribution in [1.29, 1.82) is 0 Å². The summed E-state index contributed by atoms with van der Waals surface area (Å²) in [5, 5.41) is 2.64. The van der Waals surface area contributed by atoms with E-state index in [-0.39, 0.29) is 18.2 Å². The largest absolute Gasteiger partial charge is 0.497 e. The van der Waals surface area contributed by atoms with Gasteiger partial charge in [-0.2, -0.15) is 0 Å². The van der Waals surface area contributed by atoms with Crippen molar-refractivity contribution in [1.82, 2.24) is 5.32 Å². The van der Waals surface area contributed by atoms with E-state index in [0.29, 0.717) is 17.2 Å². The molecule has 7 nitrogen and oxygen atoms in total. The van der Waals surface area contributed by atoms with Crippen LogP contribution in [0.4, 0.5) is 5.69 Å². The summed E-state index contributed by atoms with van der Waals surface area (Å²) in [4.78, 5) is 12.0. The maximum atomic E-state index is 12.2. The first kappa shape index (κ1) is 17.9. The van der Waals surface area contributed by atoms with Crippen LogP contribution in [-0.2, 0) is 21.4 Å². The van der Waals surface area contributed by atoms with Gasteiger partial charge in [-0.05, 0) is 24.3 Å². The van der Waals surface area contributed by atoms with Crippen molar-refractivity contribution < 1.29 is 22.4 Å². The average Bonchev–Trinajstić information content (AvgIpc) is 3.05. The Kier molecular flexibility index (Phi) is 5.86. The zero-order valence-corrected chi connectivity index (χ0v) is 14.3. The van der Waals surface area contributed by atoms with Gasteiger partial charge in [0.05, 0.1) is 37.3 Å². The topological polar surface area (TPSA) is 97.6 Å². The highest BCUT2D eigenvalue weighted by Gasteiger charge is 2.21. The Bertz CT molecular complexity index is 772. The minimum Gasteiger partial charge on any atom is -0.497 e. The SMILES string of the molecule is COc1cccc(NS(=O)(=O)CC(C)C(=O)NCc2ccco2)c1. The number of carbonyl (C=O) groups is 1. The predicted molar refractivity (Wildman–Crippen MR) is 90.1 cm³/mol. The number of amides is 1. The summed E-state index contributed by atoms with van der Waals surface area (Å²) in [6.07, 6.45) is 1.51. The van der Waals surface area contributed by atoms with Crippen LogP contribution in [0, 0.1) is 5.92 Å². The standard InChI is InChI=1S/C16H20N2O5S/c1-12(16(19)17-10-15-7-4-8-23-15)11-24(20,21)18-13-5-3-6-14(9-13)22-2/h3-9,12,18H,10-11H2,1-2H3,(H,17,19). The number of methoxy groups -OCH3 is 1. The van der Waals surface area contributed by atoms with E-state index in [4.69, 9.17) is 9.15 Å². The van der Waals surface area contributed by atoms with E-state index in [9.17, 15) is 13.2 Å². The Morgan fingerprint density at radius 2 is 2.08 bits per heavy atom. The van der Waals surface area contributed by atoms with Gasteiger partial charge in [0.15, 0.2) is 0 Å². The number of nitrogens with one attached hydrogen (secondary N) is 2. The van der Waals surface area contributed by atoms with Gasteiger partial charge in [0.1, 0.15) is 11.5 Å². The maximum Gasteiger partial charge on any atom is 0.233 e. The molecule has 0 saturated heterocycles. The molecule has 0 aliphatic heterocycles. The molecular formula is C16H20N2O5S. The summed E-state index contributed by atoms with van der Waals surface area (Å²) in [5.74, 6) is -0.244. The molecule has 1 heterocycles. The van der Waals surface area contributed by atoms with E-state index in [0.717, 1.165) is 0 Å². The third kappa shape index (κ3) is 5.31. The Balaban J connectivity index is 1.90. The summed E-state index contributed by atoms with van der Waals surface area (Å²) < 4.78 is 37.0. The van der Waals surface area contributed by atoms with Gasteiger partial charge in [-0.25, -0.2) is 8.42 Å². The minimum absolute atomic E-state index is 0.222. The molecular weight excluding hydrogens is 332 g/mol. The molecule has 1 atom stereocenters. The van der Waals surface area contributed by atoms with Crippen molar-refractivity contribution in [3.63, 3.8) is 0 Å². The van der Waals surface area contributed by atoms with Gasteiger partial charge in [0.2, 0.25) is 15.9 Å². The molecule has 130 valence electrons. The van der Waals surface area contributed by atoms with E-state index >= 15 is 0 Å². The van der Waals surface area contributed by atoms with Crippen LogP contribution < -0.4 is 14.8 Å². The van der Waals surface area contributed by atoms with Gasteiger partial charge in [-0.3, -0.25) is 9.52 Å². The van der Waals surface area contributed by atoms with Gasteiger partial charge < -0.3 is 14.5 Å². The molecule has 0 spiro atoms. The van der Waals surface area contributed by atoms with Crippen LogP contribution in [0.3, 0.4) is 0 Å². The average molecular weight is 352 g/mol. The van der Waals surface area contributed by atoms with Gasteiger partial charge in [0.25, 0.3) is 0 Å². The number of furan rings is 1. The molecule has 8 heteroatoms. The Morgan fingerprint density at radius 3 is 2.75 bits per heavy atom. The molecule has 0 bridgehead atoms. The van der Waals surface area contributed by atoms with Crippen LogP contribution in [0.25, 0.3) is 0 Å². The third-order valence-electron chi connectivity index (χ3n) is 3.28. The smallest absolute Gasteiger partial charge is 0.233 e. The molecule has 0 aliphatic rings. The van der Waals surface area contributed by atoms with E-state index in [1.54, 1.807) is 43.3 Å². The summed E-state index contributed by atoms with van der Waals surface area (Å²) in [6, 6.07) is 10.0. The monoisotopic (exact) mass is 352 g/mol. The molecule has 2 N–H and O–H groups in total. The highest BCUT2D eigenvalue weighted by Crippen LogP contribution is 2.18. The molecule has 0 aliphatic carbocycles. The summed E-state index contributed by atoms with van der Waals surface area (Å²) in [6.45, 7) is 1.78. The van der Waals surface area contributed by atoms with Crippen LogP contribution in [-0.4, -0.2) is 27.2 Å². The highest BCUT2D eigenvalue weighted by atomic mass is 32.2. The molecule has 1 amide bonds. The van der Waals surface area contributed by atoms with E-state index < -0.39 is 15.9 Å². The van der Waals surface area contributed by atoms with Crippen LogP contribution >= 0.6 is 0 Å². The molecule has 1 aromatic carbocycles. The molecule has 0 saturated carbocycles. The highest BCUT2D eigenvalue weighted by molar-refractivity contribution is 7.92. The van der Waals surface area contributed by atoms with Gasteiger partial charge in [-0.1, -0.05) is 13.0 Å². The quantitative estimate of drug-likeness (QED) is 0.757. The van der Waals surface area contributed by atoms with Crippen molar-refractivity contribution in [3.8, 4) is 5.75 Å². The molecule has 2 rings (SSSR count). The van der Waals surface area contributed by atoms with Crippen molar-refractivity contribution in [2.24, 2.45) is 5.92 Å². The number of benzene rings is 1. The molecule has 0 fully saturated rings. The first-order chi connectivity index (χ1) is 11.4. The second kappa shape index (κ2) is 7.87. The van der Waals surface area contributed by atoms with E-state index in [1.807, 2.05) is 0 Å². The maximum absolute atomic E-state index is 12.2. The van der Waals surface area contributed by atoms with E-state index in [1.165, 1.54) is 13.4 Å². The second-order valence-electron chi connectivity index (χ2n) is 5.31. The fourth-order valence-electron chi connectivity index (χ4n) is 2.07. The van der Waals surface area contributed by atoms with Crippen molar-refractivity contribution in [2.45, 2.75) is 13.5 Å².